The van der Waals surface area contributed by atoms with Crippen LogP contribution in [0, 0.1) is 5.92 Å². The van der Waals surface area contributed by atoms with Gasteiger partial charge in [-0.05, 0) is 63.8 Å². The van der Waals surface area contributed by atoms with Gasteiger partial charge in [0.15, 0.2) is 11.0 Å². The molecule has 0 aliphatic carbocycles. The van der Waals surface area contributed by atoms with E-state index in [2.05, 4.69) is 54.7 Å². The third-order valence-corrected chi connectivity index (χ3v) is 5.39. The van der Waals surface area contributed by atoms with Crippen molar-refractivity contribution in [2.45, 2.75) is 64.7 Å². The maximum Gasteiger partial charge on any atom is 0.230 e. The molecule has 1 heterocycles. The van der Waals surface area contributed by atoms with Crippen LogP contribution in [0.3, 0.4) is 0 Å². The highest BCUT2D eigenvalue weighted by Crippen LogP contribution is 2.28. The summed E-state index contributed by atoms with van der Waals surface area (Å²) in [5.74, 6) is 2.61. The zero-order valence-corrected chi connectivity index (χ0v) is 18.5. The first-order valence-electron chi connectivity index (χ1n) is 9.83. The lowest BCUT2D eigenvalue weighted by Gasteiger charge is -2.16. The molecule has 2 rings (SSSR count). The lowest BCUT2D eigenvalue weighted by atomic mass is 10.0. The summed E-state index contributed by atoms with van der Waals surface area (Å²) in [6.07, 6.45) is 2.11. The Morgan fingerprint density at radius 2 is 1.79 bits per heavy atom. The molecule has 0 bridgehead atoms. The number of methoxy groups -OCH3 is 1. The fraction of sp³-hybridized carbons (Fsp3) is 0.571. The molecule has 0 radical (unpaired) electrons. The van der Waals surface area contributed by atoms with Crippen molar-refractivity contribution in [3.8, 4) is 17.1 Å². The maximum absolute atomic E-state index is 12.3. The molecule has 0 aliphatic rings. The quantitative estimate of drug-likeness (QED) is 0.588. The fourth-order valence-corrected chi connectivity index (χ4v) is 3.76. The average Bonchev–Trinajstić information content (AvgIpc) is 3.09. The number of ether oxygens (including phenoxy) is 1. The second kappa shape index (κ2) is 10.5. The number of aromatic nitrogens is 3. The van der Waals surface area contributed by atoms with E-state index in [-0.39, 0.29) is 18.0 Å². The number of carbonyl (C=O) groups excluding carboxylic acids is 1. The zero-order valence-electron chi connectivity index (χ0n) is 17.7. The Hall–Kier alpha value is -2.02. The van der Waals surface area contributed by atoms with Gasteiger partial charge in [0.25, 0.3) is 0 Å². The minimum Gasteiger partial charge on any atom is -0.497 e. The lowest BCUT2D eigenvalue weighted by Crippen LogP contribution is -2.34. The van der Waals surface area contributed by atoms with Crippen molar-refractivity contribution < 1.29 is 9.53 Å². The summed E-state index contributed by atoms with van der Waals surface area (Å²) in [4.78, 5) is 12.3. The highest BCUT2D eigenvalue weighted by atomic mass is 32.2. The van der Waals surface area contributed by atoms with E-state index < -0.39 is 0 Å². The van der Waals surface area contributed by atoms with E-state index in [0.29, 0.717) is 11.7 Å². The van der Waals surface area contributed by atoms with Gasteiger partial charge in [0.1, 0.15) is 5.75 Å². The molecule has 0 aliphatic heterocycles. The van der Waals surface area contributed by atoms with Crippen LogP contribution in [0.25, 0.3) is 11.4 Å². The van der Waals surface area contributed by atoms with Crippen molar-refractivity contribution in [3.05, 3.63) is 24.3 Å². The summed E-state index contributed by atoms with van der Waals surface area (Å²) in [6.45, 7) is 10.6. The van der Waals surface area contributed by atoms with Gasteiger partial charge in [-0.2, -0.15) is 0 Å². The molecule has 1 atom stereocenters. The Labute approximate surface area is 172 Å². The molecular formula is C21H32N4O2S. The van der Waals surface area contributed by atoms with Gasteiger partial charge in [0, 0.05) is 17.6 Å². The van der Waals surface area contributed by atoms with Gasteiger partial charge in [-0.3, -0.25) is 9.36 Å². The Balaban J connectivity index is 2.03. The maximum atomic E-state index is 12.3. The molecule has 154 valence electrons. The minimum atomic E-state index is 0.0329. The molecule has 7 heteroatoms. The summed E-state index contributed by atoms with van der Waals surface area (Å²) >= 11 is 1.43. The molecular weight excluding hydrogens is 372 g/mol. The van der Waals surface area contributed by atoms with Gasteiger partial charge in [-0.25, -0.2) is 0 Å². The van der Waals surface area contributed by atoms with Crippen LogP contribution in [0.15, 0.2) is 29.4 Å². The molecule has 1 amide bonds. The van der Waals surface area contributed by atoms with E-state index in [1.54, 1.807) is 7.11 Å². The van der Waals surface area contributed by atoms with E-state index in [1.807, 2.05) is 24.3 Å². The van der Waals surface area contributed by atoms with Crippen LogP contribution in [0.4, 0.5) is 0 Å². The SMILES string of the molecule is COc1ccc(-c2nnc(SCC(=O)N[C@H](C)CCC(C)C)n2C(C)C)cc1. The van der Waals surface area contributed by atoms with Gasteiger partial charge in [-0.1, -0.05) is 25.6 Å². The number of carbonyl (C=O) groups is 1. The van der Waals surface area contributed by atoms with Crippen molar-refractivity contribution in [1.29, 1.82) is 0 Å². The second-order valence-electron chi connectivity index (χ2n) is 7.73. The highest BCUT2D eigenvalue weighted by molar-refractivity contribution is 7.99. The van der Waals surface area contributed by atoms with Gasteiger partial charge < -0.3 is 10.1 Å². The molecule has 1 aromatic carbocycles. The molecule has 0 unspecified atom stereocenters. The van der Waals surface area contributed by atoms with E-state index in [9.17, 15) is 4.79 Å². The number of benzene rings is 1. The number of rotatable bonds is 10. The predicted octanol–water partition coefficient (Wildman–Crippen LogP) is 4.57. The number of hydrogen-bond donors (Lipinski definition) is 1. The van der Waals surface area contributed by atoms with E-state index in [0.717, 1.165) is 35.1 Å². The van der Waals surface area contributed by atoms with Crippen LogP contribution < -0.4 is 10.1 Å². The van der Waals surface area contributed by atoms with Crippen molar-refractivity contribution in [2.24, 2.45) is 5.92 Å². The summed E-state index contributed by atoms with van der Waals surface area (Å²) in [7, 11) is 1.65. The third kappa shape index (κ3) is 6.26. The van der Waals surface area contributed by atoms with Gasteiger partial charge in [0.05, 0.1) is 12.9 Å². The van der Waals surface area contributed by atoms with E-state index in [4.69, 9.17) is 4.74 Å². The van der Waals surface area contributed by atoms with Gasteiger partial charge >= 0.3 is 0 Å². The minimum absolute atomic E-state index is 0.0329. The van der Waals surface area contributed by atoms with E-state index >= 15 is 0 Å². The molecule has 0 spiro atoms. The number of amides is 1. The standard InChI is InChI=1S/C21H32N4O2S/c1-14(2)7-8-16(5)22-19(26)13-28-21-24-23-20(25(21)15(3)4)17-9-11-18(27-6)12-10-17/h9-12,14-16H,7-8,13H2,1-6H3,(H,22,26)/t16-/m1/s1. The normalized spacial score (nSPS) is 12.4. The fourth-order valence-electron chi connectivity index (χ4n) is 2.88. The first kappa shape index (κ1) is 22.3. The van der Waals surface area contributed by atoms with Crippen LogP contribution in [-0.4, -0.2) is 39.6 Å². The molecule has 1 aromatic heterocycles. The molecule has 6 nitrogen and oxygen atoms in total. The average molecular weight is 405 g/mol. The van der Waals surface area contributed by atoms with Crippen molar-refractivity contribution >= 4 is 17.7 Å². The first-order valence-corrected chi connectivity index (χ1v) is 10.8. The number of hydrogen-bond acceptors (Lipinski definition) is 5. The molecule has 0 fully saturated rings. The first-order chi connectivity index (χ1) is 13.3. The number of nitrogens with zero attached hydrogens (tertiary/aromatic N) is 3. The predicted molar refractivity (Wildman–Crippen MR) is 115 cm³/mol. The number of thioether (sulfide) groups is 1. The van der Waals surface area contributed by atoms with E-state index in [1.165, 1.54) is 11.8 Å². The molecule has 0 saturated carbocycles. The summed E-state index contributed by atoms with van der Waals surface area (Å²) in [5.41, 5.74) is 0.973. The van der Waals surface area contributed by atoms with Gasteiger partial charge in [-0.15, -0.1) is 10.2 Å². The largest absolute Gasteiger partial charge is 0.497 e. The highest BCUT2D eigenvalue weighted by Gasteiger charge is 2.18. The summed E-state index contributed by atoms with van der Waals surface area (Å²) < 4.78 is 7.29. The van der Waals surface area contributed by atoms with Crippen molar-refractivity contribution in [2.75, 3.05) is 12.9 Å². The zero-order chi connectivity index (χ0) is 20.7. The third-order valence-electron chi connectivity index (χ3n) is 4.45. The van der Waals surface area contributed by atoms with Crippen molar-refractivity contribution in [1.82, 2.24) is 20.1 Å². The van der Waals surface area contributed by atoms with Crippen molar-refractivity contribution in [3.63, 3.8) is 0 Å². The Kier molecular flexibility index (Phi) is 8.35. The smallest absolute Gasteiger partial charge is 0.230 e. The molecule has 28 heavy (non-hydrogen) atoms. The van der Waals surface area contributed by atoms with Crippen LogP contribution in [0.5, 0.6) is 5.75 Å². The number of nitrogens with one attached hydrogen (secondary N) is 1. The van der Waals surface area contributed by atoms with Crippen LogP contribution in [0.1, 0.15) is 53.5 Å². The second-order valence-corrected chi connectivity index (χ2v) is 8.67. The molecule has 1 N–H and O–H groups in total. The molecule has 2 aromatic rings. The topological polar surface area (TPSA) is 69.0 Å². The van der Waals surface area contributed by atoms with Gasteiger partial charge in [0.2, 0.25) is 5.91 Å². The van der Waals surface area contributed by atoms with Crippen LogP contribution in [-0.2, 0) is 4.79 Å². The summed E-state index contributed by atoms with van der Waals surface area (Å²) in [6, 6.07) is 8.13. The van der Waals surface area contributed by atoms with Crippen LogP contribution >= 0.6 is 11.8 Å². The Bertz CT molecular complexity index is 756. The Morgan fingerprint density at radius 1 is 1.11 bits per heavy atom. The summed E-state index contributed by atoms with van der Waals surface area (Å²) in [5, 5.41) is 12.5. The van der Waals surface area contributed by atoms with Crippen LogP contribution in [0.2, 0.25) is 0 Å². The lowest BCUT2D eigenvalue weighted by molar-refractivity contribution is -0.119. The Morgan fingerprint density at radius 3 is 2.36 bits per heavy atom. The monoisotopic (exact) mass is 404 g/mol. The molecule has 0 saturated heterocycles.